The Morgan fingerprint density at radius 3 is 2.56 bits per heavy atom. The topological polar surface area (TPSA) is 32.3 Å². The molecule has 2 aliphatic heterocycles. The average molecular weight is 224 g/mol. The Morgan fingerprint density at radius 2 is 1.94 bits per heavy atom. The van der Waals surface area contributed by atoms with Crippen molar-refractivity contribution < 1.29 is 4.79 Å². The van der Waals surface area contributed by atoms with E-state index in [0.29, 0.717) is 23.8 Å². The summed E-state index contributed by atoms with van der Waals surface area (Å²) >= 11 is 0. The Hall–Kier alpha value is -0.570. The summed E-state index contributed by atoms with van der Waals surface area (Å²) in [4.78, 5) is 14.6. The molecule has 16 heavy (non-hydrogen) atoms. The Bertz CT molecular complexity index is 267. The van der Waals surface area contributed by atoms with Crippen LogP contribution in [0.1, 0.15) is 33.6 Å². The molecule has 3 heteroatoms. The van der Waals surface area contributed by atoms with Gasteiger partial charge in [-0.05, 0) is 38.1 Å². The highest BCUT2D eigenvalue weighted by atomic mass is 16.2. The van der Waals surface area contributed by atoms with Gasteiger partial charge in [0.1, 0.15) is 0 Å². The Kier molecular flexibility index (Phi) is 3.53. The predicted molar refractivity (Wildman–Crippen MR) is 65.1 cm³/mol. The van der Waals surface area contributed by atoms with Gasteiger partial charge in [0.25, 0.3) is 0 Å². The molecule has 0 radical (unpaired) electrons. The predicted octanol–water partition coefficient (Wildman–Crippen LogP) is 1.49. The second kappa shape index (κ2) is 4.74. The quantitative estimate of drug-likeness (QED) is 0.732. The molecule has 0 aromatic carbocycles. The molecule has 2 aliphatic rings. The number of rotatable bonds is 1. The molecule has 2 heterocycles. The van der Waals surface area contributed by atoms with E-state index in [1.807, 2.05) is 0 Å². The van der Waals surface area contributed by atoms with Crippen LogP contribution in [-0.4, -0.2) is 36.5 Å². The lowest BCUT2D eigenvalue weighted by Gasteiger charge is -2.38. The van der Waals surface area contributed by atoms with Gasteiger partial charge in [0, 0.05) is 19.1 Å². The van der Waals surface area contributed by atoms with Crippen molar-refractivity contribution in [3.05, 3.63) is 0 Å². The average Bonchev–Trinajstić information content (AvgIpc) is 2.67. The zero-order valence-corrected chi connectivity index (χ0v) is 10.7. The van der Waals surface area contributed by atoms with Gasteiger partial charge in [0.15, 0.2) is 0 Å². The zero-order chi connectivity index (χ0) is 11.7. The van der Waals surface area contributed by atoms with Crippen LogP contribution < -0.4 is 5.32 Å². The lowest BCUT2D eigenvalue weighted by Crippen LogP contribution is -2.48. The van der Waals surface area contributed by atoms with E-state index in [1.54, 1.807) is 0 Å². The van der Waals surface area contributed by atoms with Crippen LogP contribution in [0.25, 0.3) is 0 Å². The molecule has 3 nitrogen and oxygen atoms in total. The summed E-state index contributed by atoms with van der Waals surface area (Å²) in [7, 11) is 0. The van der Waals surface area contributed by atoms with Crippen LogP contribution in [0.15, 0.2) is 0 Å². The number of piperidine rings is 1. The molecule has 0 bridgehead atoms. The monoisotopic (exact) mass is 224 g/mol. The Morgan fingerprint density at radius 1 is 1.19 bits per heavy atom. The zero-order valence-electron chi connectivity index (χ0n) is 10.7. The molecule has 0 aromatic heterocycles. The van der Waals surface area contributed by atoms with Crippen LogP contribution in [0.4, 0.5) is 0 Å². The fourth-order valence-electron chi connectivity index (χ4n) is 2.95. The van der Waals surface area contributed by atoms with Crippen LogP contribution in [0.5, 0.6) is 0 Å². The van der Waals surface area contributed by atoms with Crippen LogP contribution in [0.2, 0.25) is 0 Å². The second-order valence-corrected chi connectivity index (χ2v) is 5.76. The van der Waals surface area contributed by atoms with E-state index in [2.05, 4.69) is 31.0 Å². The maximum absolute atomic E-state index is 12.5. The highest BCUT2D eigenvalue weighted by molar-refractivity contribution is 5.80. The van der Waals surface area contributed by atoms with Gasteiger partial charge in [-0.15, -0.1) is 0 Å². The molecule has 4 atom stereocenters. The smallest absolute Gasteiger partial charge is 0.227 e. The standard InChI is InChI=1S/C13H24N2O/c1-9-4-5-11(3)15(8-9)13(16)12-7-14-6-10(12)2/h9-12,14H,4-8H2,1-3H3. The number of carbonyl (C=O) groups is 1. The number of nitrogens with one attached hydrogen (secondary N) is 1. The number of likely N-dealkylation sites (tertiary alicyclic amines) is 1. The third kappa shape index (κ3) is 2.24. The molecule has 0 aliphatic carbocycles. The minimum Gasteiger partial charge on any atom is -0.339 e. The van der Waals surface area contributed by atoms with Crippen molar-refractivity contribution in [3.63, 3.8) is 0 Å². The van der Waals surface area contributed by atoms with Crippen LogP contribution >= 0.6 is 0 Å². The largest absolute Gasteiger partial charge is 0.339 e. The van der Waals surface area contributed by atoms with E-state index in [-0.39, 0.29) is 5.92 Å². The van der Waals surface area contributed by atoms with Gasteiger partial charge in [0.2, 0.25) is 5.91 Å². The van der Waals surface area contributed by atoms with E-state index in [4.69, 9.17) is 0 Å². The molecular formula is C13H24N2O. The van der Waals surface area contributed by atoms with Crippen molar-refractivity contribution in [1.82, 2.24) is 10.2 Å². The lowest BCUT2D eigenvalue weighted by atomic mass is 9.91. The molecule has 2 fully saturated rings. The van der Waals surface area contributed by atoms with Gasteiger partial charge in [-0.25, -0.2) is 0 Å². The summed E-state index contributed by atoms with van der Waals surface area (Å²) in [6.07, 6.45) is 2.44. The van der Waals surface area contributed by atoms with Gasteiger partial charge < -0.3 is 10.2 Å². The fraction of sp³-hybridized carbons (Fsp3) is 0.923. The number of carbonyl (C=O) groups excluding carboxylic acids is 1. The lowest BCUT2D eigenvalue weighted by molar-refractivity contribution is -0.140. The molecule has 0 saturated carbocycles. The van der Waals surface area contributed by atoms with Crippen molar-refractivity contribution >= 4 is 5.91 Å². The molecule has 0 spiro atoms. The summed E-state index contributed by atoms with van der Waals surface area (Å²) in [5.41, 5.74) is 0. The van der Waals surface area contributed by atoms with Crippen LogP contribution in [-0.2, 0) is 4.79 Å². The molecule has 1 amide bonds. The van der Waals surface area contributed by atoms with Gasteiger partial charge >= 0.3 is 0 Å². The van der Waals surface area contributed by atoms with E-state index in [9.17, 15) is 4.79 Å². The van der Waals surface area contributed by atoms with Gasteiger partial charge in [-0.2, -0.15) is 0 Å². The van der Waals surface area contributed by atoms with Crippen molar-refractivity contribution in [2.45, 2.75) is 39.7 Å². The third-order valence-corrected chi connectivity index (χ3v) is 4.24. The molecule has 0 aromatic rings. The van der Waals surface area contributed by atoms with Crippen molar-refractivity contribution in [2.75, 3.05) is 19.6 Å². The normalized spacial score (nSPS) is 40.1. The van der Waals surface area contributed by atoms with Gasteiger partial charge in [-0.3, -0.25) is 4.79 Å². The number of amides is 1. The SMILES string of the molecule is CC1CCC(C)N(C(=O)C2CNCC2C)C1. The number of nitrogens with zero attached hydrogens (tertiary/aromatic N) is 1. The van der Waals surface area contributed by atoms with Crippen LogP contribution in [0.3, 0.4) is 0 Å². The van der Waals surface area contributed by atoms with E-state index < -0.39 is 0 Å². The fourth-order valence-corrected chi connectivity index (χ4v) is 2.95. The summed E-state index contributed by atoms with van der Waals surface area (Å²) in [5.74, 6) is 1.77. The van der Waals surface area contributed by atoms with Crippen molar-refractivity contribution in [3.8, 4) is 0 Å². The first-order valence-electron chi connectivity index (χ1n) is 6.60. The molecule has 2 rings (SSSR count). The van der Waals surface area contributed by atoms with E-state index in [1.165, 1.54) is 12.8 Å². The Balaban J connectivity index is 2.02. The number of hydrogen-bond donors (Lipinski definition) is 1. The molecule has 2 saturated heterocycles. The summed E-state index contributed by atoms with van der Waals surface area (Å²) in [5, 5.41) is 3.32. The first-order chi connectivity index (χ1) is 7.59. The Labute approximate surface area is 98.6 Å². The molecule has 4 unspecified atom stereocenters. The summed E-state index contributed by atoms with van der Waals surface area (Å²) in [6, 6.07) is 0.441. The minimum absolute atomic E-state index is 0.216. The first kappa shape index (κ1) is 11.9. The third-order valence-electron chi connectivity index (χ3n) is 4.24. The van der Waals surface area contributed by atoms with E-state index >= 15 is 0 Å². The van der Waals surface area contributed by atoms with Crippen molar-refractivity contribution in [2.24, 2.45) is 17.8 Å². The first-order valence-corrected chi connectivity index (χ1v) is 6.60. The minimum atomic E-state index is 0.216. The van der Waals surface area contributed by atoms with Crippen molar-refractivity contribution in [1.29, 1.82) is 0 Å². The highest BCUT2D eigenvalue weighted by Gasteiger charge is 2.36. The molecular weight excluding hydrogens is 200 g/mol. The second-order valence-electron chi connectivity index (χ2n) is 5.76. The van der Waals surface area contributed by atoms with Crippen LogP contribution in [0, 0.1) is 17.8 Å². The van der Waals surface area contributed by atoms with Gasteiger partial charge in [-0.1, -0.05) is 13.8 Å². The molecule has 92 valence electrons. The highest BCUT2D eigenvalue weighted by Crippen LogP contribution is 2.26. The maximum Gasteiger partial charge on any atom is 0.227 e. The van der Waals surface area contributed by atoms with Gasteiger partial charge in [0.05, 0.1) is 5.92 Å². The summed E-state index contributed by atoms with van der Waals surface area (Å²) < 4.78 is 0. The number of hydrogen-bond acceptors (Lipinski definition) is 2. The summed E-state index contributed by atoms with van der Waals surface area (Å²) in [6.45, 7) is 9.45. The van der Waals surface area contributed by atoms with E-state index in [0.717, 1.165) is 19.6 Å². The maximum atomic E-state index is 12.5. The molecule has 1 N–H and O–H groups in total.